The largest absolute Gasteiger partial charge is 0.370 e. The van der Waals surface area contributed by atoms with E-state index in [2.05, 4.69) is 15.6 Å². The number of carbonyl (C=O) groups is 1. The first-order chi connectivity index (χ1) is 9.99. The van der Waals surface area contributed by atoms with E-state index in [9.17, 15) is 19.1 Å². The molecular weight excluding hydrogens is 296 g/mol. The number of nitrogens with zero attached hydrogens (tertiary/aromatic N) is 2. The minimum Gasteiger partial charge on any atom is -0.370 e. The van der Waals surface area contributed by atoms with Gasteiger partial charge in [0.1, 0.15) is 17.6 Å². The van der Waals surface area contributed by atoms with Crippen LogP contribution >= 0.6 is 0 Å². The van der Waals surface area contributed by atoms with E-state index < -0.39 is 21.6 Å². The second-order valence-electron chi connectivity index (χ2n) is 4.06. The summed E-state index contributed by atoms with van der Waals surface area (Å²) in [5.74, 6) is 0.651. The van der Waals surface area contributed by atoms with Gasteiger partial charge in [-0.15, -0.1) is 0 Å². The zero-order valence-electron chi connectivity index (χ0n) is 11.9. The molecule has 0 aromatic carbocycles. The molecule has 9 heteroatoms. The van der Waals surface area contributed by atoms with Gasteiger partial charge in [-0.25, -0.2) is 4.98 Å². The number of rotatable bonds is 8. The van der Waals surface area contributed by atoms with Gasteiger partial charge < -0.3 is 10.6 Å². The molecule has 1 amide bonds. The number of carbonyl (C=O) groups excluding carboxylic acids is 1. The Balaban J connectivity index is 2.86. The first kappa shape index (κ1) is 17.0. The van der Waals surface area contributed by atoms with Crippen LogP contribution in [-0.4, -0.2) is 44.6 Å². The van der Waals surface area contributed by atoms with Gasteiger partial charge in [0.2, 0.25) is 0 Å². The third kappa shape index (κ3) is 5.10. The Morgan fingerprint density at radius 1 is 1.48 bits per heavy atom. The third-order valence-electron chi connectivity index (χ3n) is 2.62. The van der Waals surface area contributed by atoms with Gasteiger partial charge >= 0.3 is 0 Å². The average Bonchev–Trinajstić information content (AvgIpc) is 2.46. The molecule has 0 radical (unpaired) electrons. The van der Waals surface area contributed by atoms with Crippen LogP contribution in [0.5, 0.6) is 0 Å². The Morgan fingerprint density at radius 2 is 2.19 bits per heavy atom. The number of nitro groups is 1. The van der Waals surface area contributed by atoms with Gasteiger partial charge in [-0.1, -0.05) is 6.92 Å². The first-order valence-electron chi connectivity index (χ1n) is 6.51. The number of hydrogen-bond donors (Lipinski definition) is 2. The van der Waals surface area contributed by atoms with E-state index in [0.29, 0.717) is 23.9 Å². The van der Waals surface area contributed by atoms with Gasteiger partial charge in [0.05, 0.1) is 4.92 Å². The lowest BCUT2D eigenvalue weighted by Gasteiger charge is -2.07. The molecule has 2 N–H and O–H groups in total. The van der Waals surface area contributed by atoms with E-state index in [4.69, 9.17) is 0 Å². The summed E-state index contributed by atoms with van der Waals surface area (Å²) in [4.78, 5) is 26.2. The zero-order valence-corrected chi connectivity index (χ0v) is 12.7. The smallest absolute Gasteiger partial charge is 0.300 e. The summed E-state index contributed by atoms with van der Waals surface area (Å²) in [6.45, 7) is 4.42. The SMILES string of the molecule is CCNc1cc(C(=O)NCCS(=O)CC)c([N+](=O)[O-])cn1. The highest BCUT2D eigenvalue weighted by Gasteiger charge is 2.21. The molecule has 0 fully saturated rings. The van der Waals surface area contributed by atoms with Crippen molar-refractivity contribution in [1.29, 1.82) is 0 Å². The average molecular weight is 314 g/mol. The maximum absolute atomic E-state index is 12.0. The molecule has 1 aromatic rings. The van der Waals surface area contributed by atoms with Crippen LogP contribution in [0.25, 0.3) is 0 Å². The molecule has 21 heavy (non-hydrogen) atoms. The fraction of sp³-hybridized carbons (Fsp3) is 0.500. The monoisotopic (exact) mass is 314 g/mol. The van der Waals surface area contributed by atoms with Crippen molar-refractivity contribution in [2.75, 3.05) is 29.9 Å². The van der Waals surface area contributed by atoms with Crippen LogP contribution in [0.15, 0.2) is 12.3 Å². The molecule has 0 saturated carbocycles. The molecule has 0 aliphatic heterocycles. The maximum atomic E-state index is 12.0. The number of pyridine rings is 1. The lowest BCUT2D eigenvalue weighted by atomic mass is 10.2. The molecule has 116 valence electrons. The molecular formula is C12H18N4O4S. The van der Waals surface area contributed by atoms with Crippen molar-refractivity contribution >= 4 is 28.2 Å². The summed E-state index contributed by atoms with van der Waals surface area (Å²) < 4.78 is 11.3. The van der Waals surface area contributed by atoms with Crippen molar-refractivity contribution < 1.29 is 13.9 Å². The van der Waals surface area contributed by atoms with Gasteiger partial charge in [-0.05, 0) is 6.92 Å². The van der Waals surface area contributed by atoms with Gasteiger partial charge in [0.25, 0.3) is 11.6 Å². The van der Waals surface area contributed by atoms with Crippen LogP contribution < -0.4 is 10.6 Å². The van der Waals surface area contributed by atoms with Crippen LogP contribution in [0.2, 0.25) is 0 Å². The molecule has 0 aliphatic carbocycles. The summed E-state index contributed by atoms with van der Waals surface area (Å²) in [6.07, 6.45) is 1.05. The summed E-state index contributed by atoms with van der Waals surface area (Å²) >= 11 is 0. The highest BCUT2D eigenvalue weighted by molar-refractivity contribution is 7.84. The van der Waals surface area contributed by atoms with Crippen LogP contribution in [0, 0.1) is 10.1 Å². The molecule has 8 nitrogen and oxygen atoms in total. The molecule has 1 rings (SSSR count). The predicted octanol–water partition coefficient (Wildman–Crippen LogP) is 0.920. The van der Waals surface area contributed by atoms with Crippen LogP contribution in [0.3, 0.4) is 0 Å². The number of anilines is 1. The lowest BCUT2D eigenvalue weighted by Crippen LogP contribution is -2.28. The van der Waals surface area contributed by atoms with Crippen LogP contribution in [0.1, 0.15) is 24.2 Å². The molecule has 1 heterocycles. The normalized spacial score (nSPS) is 11.7. The summed E-state index contributed by atoms with van der Waals surface area (Å²) in [6, 6.07) is 1.34. The van der Waals surface area contributed by atoms with Gasteiger partial charge in [-0.3, -0.25) is 19.1 Å². The summed E-state index contributed by atoms with van der Waals surface area (Å²) in [7, 11) is -0.995. The van der Waals surface area contributed by atoms with E-state index >= 15 is 0 Å². The topological polar surface area (TPSA) is 114 Å². The molecule has 0 spiro atoms. The standard InChI is InChI=1S/C12H18N4O4S/c1-3-13-11-7-9(10(8-15-11)16(18)19)12(17)14-5-6-21(20)4-2/h7-8H,3-6H2,1-2H3,(H,13,15)(H,14,17). The van der Waals surface area contributed by atoms with Crippen LogP contribution in [-0.2, 0) is 10.8 Å². The van der Waals surface area contributed by atoms with Crippen molar-refractivity contribution in [3.05, 3.63) is 27.9 Å². The number of aromatic nitrogens is 1. The van der Waals surface area contributed by atoms with Crippen molar-refractivity contribution in [1.82, 2.24) is 10.3 Å². The fourth-order valence-electron chi connectivity index (χ4n) is 1.57. The second kappa shape index (κ2) is 8.30. The fourth-order valence-corrected chi connectivity index (χ4v) is 2.19. The molecule has 0 saturated heterocycles. The summed E-state index contributed by atoms with van der Waals surface area (Å²) in [5.41, 5.74) is -0.418. The second-order valence-corrected chi connectivity index (χ2v) is 5.93. The number of hydrogen-bond acceptors (Lipinski definition) is 6. The third-order valence-corrected chi connectivity index (χ3v) is 3.92. The van der Waals surface area contributed by atoms with E-state index in [1.54, 1.807) is 6.92 Å². The van der Waals surface area contributed by atoms with Crippen molar-refractivity contribution in [2.24, 2.45) is 0 Å². The quantitative estimate of drug-likeness (QED) is 0.545. The lowest BCUT2D eigenvalue weighted by molar-refractivity contribution is -0.385. The molecule has 1 unspecified atom stereocenters. The minimum atomic E-state index is -0.995. The molecule has 1 aromatic heterocycles. The van der Waals surface area contributed by atoms with Crippen molar-refractivity contribution in [3.63, 3.8) is 0 Å². The van der Waals surface area contributed by atoms with Gasteiger partial charge in [0, 0.05) is 41.5 Å². The molecule has 0 bridgehead atoms. The Labute approximate surface area is 124 Å². The van der Waals surface area contributed by atoms with Crippen LogP contribution in [0.4, 0.5) is 11.5 Å². The van der Waals surface area contributed by atoms with E-state index in [-0.39, 0.29) is 17.8 Å². The highest BCUT2D eigenvalue weighted by atomic mass is 32.2. The summed E-state index contributed by atoms with van der Waals surface area (Å²) in [5, 5.41) is 16.4. The Morgan fingerprint density at radius 3 is 2.76 bits per heavy atom. The van der Waals surface area contributed by atoms with Gasteiger partial charge in [0.15, 0.2) is 0 Å². The maximum Gasteiger partial charge on any atom is 0.300 e. The van der Waals surface area contributed by atoms with Crippen molar-refractivity contribution in [2.45, 2.75) is 13.8 Å². The Bertz CT molecular complexity index is 550. The Kier molecular flexibility index (Phi) is 6.73. The number of nitrogens with one attached hydrogen (secondary N) is 2. The van der Waals surface area contributed by atoms with E-state index in [1.807, 2.05) is 6.92 Å². The van der Waals surface area contributed by atoms with Gasteiger partial charge in [-0.2, -0.15) is 0 Å². The first-order valence-corrected chi connectivity index (χ1v) is 7.99. The predicted molar refractivity (Wildman–Crippen MR) is 80.9 cm³/mol. The molecule has 1 atom stereocenters. The number of amides is 1. The zero-order chi connectivity index (χ0) is 15.8. The van der Waals surface area contributed by atoms with E-state index in [0.717, 1.165) is 6.20 Å². The molecule has 0 aliphatic rings. The van der Waals surface area contributed by atoms with Crippen molar-refractivity contribution in [3.8, 4) is 0 Å². The Hall–Kier alpha value is -2.03. The highest BCUT2D eigenvalue weighted by Crippen LogP contribution is 2.20. The van der Waals surface area contributed by atoms with E-state index in [1.165, 1.54) is 6.07 Å². The minimum absolute atomic E-state index is 0.0618.